The summed E-state index contributed by atoms with van der Waals surface area (Å²) < 4.78 is 0. The largest absolute Gasteiger partial charge is 0.354 e. The summed E-state index contributed by atoms with van der Waals surface area (Å²) in [4.78, 5) is 0. The number of rotatable bonds is 2. The molecule has 1 aromatic heterocycles. The molecule has 0 saturated carbocycles. The molecule has 1 N–H and O–H groups in total. The second-order valence-corrected chi connectivity index (χ2v) is 2.44. The standard InChI is InChI=1S/C9H8N4/c1-3-7(2)12-9-8(6-10)4-5-11-13-9/h1,4-5,7H,2H3,(H,12,13). The lowest BCUT2D eigenvalue weighted by atomic mass is 10.3. The quantitative estimate of drug-likeness (QED) is 0.670. The van der Waals surface area contributed by atoms with Gasteiger partial charge in [-0.25, -0.2) is 0 Å². The summed E-state index contributed by atoms with van der Waals surface area (Å²) in [6.07, 6.45) is 6.63. The highest BCUT2D eigenvalue weighted by Gasteiger charge is 2.04. The normalized spacial score (nSPS) is 11.0. The second kappa shape index (κ2) is 4.08. The van der Waals surface area contributed by atoms with E-state index in [-0.39, 0.29) is 6.04 Å². The van der Waals surface area contributed by atoms with Crippen LogP contribution < -0.4 is 5.32 Å². The Morgan fingerprint density at radius 3 is 3.08 bits per heavy atom. The van der Waals surface area contributed by atoms with Crippen molar-refractivity contribution in [3.05, 3.63) is 17.8 Å². The predicted molar refractivity (Wildman–Crippen MR) is 48.7 cm³/mol. The third kappa shape index (κ3) is 2.18. The molecule has 1 heterocycles. The van der Waals surface area contributed by atoms with E-state index in [1.165, 1.54) is 6.20 Å². The molecule has 0 fully saturated rings. The molecule has 0 radical (unpaired) electrons. The molecule has 4 nitrogen and oxygen atoms in total. The number of nitrogens with one attached hydrogen (secondary N) is 1. The van der Waals surface area contributed by atoms with E-state index < -0.39 is 0 Å². The molecule has 0 saturated heterocycles. The lowest BCUT2D eigenvalue weighted by Gasteiger charge is -2.07. The van der Waals surface area contributed by atoms with Crippen LogP contribution in [0.15, 0.2) is 12.3 Å². The van der Waals surface area contributed by atoms with Gasteiger partial charge >= 0.3 is 0 Å². The van der Waals surface area contributed by atoms with Crippen molar-refractivity contribution in [2.45, 2.75) is 13.0 Å². The first-order valence-corrected chi connectivity index (χ1v) is 3.72. The molecule has 0 spiro atoms. The van der Waals surface area contributed by atoms with Crippen molar-refractivity contribution in [2.75, 3.05) is 5.32 Å². The van der Waals surface area contributed by atoms with Crippen molar-refractivity contribution in [1.82, 2.24) is 10.2 Å². The van der Waals surface area contributed by atoms with Crippen molar-refractivity contribution in [2.24, 2.45) is 0 Å². The van der Waals surface area contributed by atoms with Gasteiger partial charge in [-0.3, -0.25) is 0 Å². The Bertz CT molecular complexity index is 372. The van der Waals surface area contributed by atoms with Crippen LogP contribution >= 0.6 is 0 Å². The van der Waals surface area contributed by atoms with Gasteiger partial charge in [-0.15, -0.1) is 11.5 Å². The summed E-state index contributed by atoms with van der Waals surface area (Å²) in [6, 6.07) is 3.41. The van der Waals surface area contributed by atoms with Gasteiger partial charge in [-0.2, -0.15) is 10.4 Å². The van der Waals surface area contributed by atoms with Gasteiger partial charge in [0.2, 0.25) is 0 Å². The fraction of sp³-hybridized carbons (Fsp3) is 0.222. The first kappa shape index (κ1) is 9.02. The Balaban J connectivity index is 2.90. The first-order chi connectivity index (χ1) is 6.27. The van der Waals surface area contributed by atoms with E-state index in [9.17, 15) is 0 Å². The molecule has 4 heteroatoms. The lowest BCUT2D eigenvalue weighted by molar-refractivity contribution is 0.958. The molecule has 1 atom stereocenters. The molecule has 0 aliphatic rings. The molecule has 13 heavy (non-hydrogen) atoms. The molecule has 0 aromatic carbocycles. The van der Waals surface area contributed by atoms with Crippen LogP contribution in [0.25, 0.3) is 0 Å². The number of nitriles is 1. The number of anilines is 1. The highest BCUT2D eigenvalue weighted by Crippen LogP contribution is 2.08. The maximum absolute atomic E-state index is 8.69. The molecular weight excluding hydrogens is 164 g/mol. The summed E-state index contributed by atoms with van der Waals surface area (Å²) in [5, 5.41) is 19.0. The maximum atomic E-state index is 8.69. The average Bonchev–Trinajstić information content (AvgIpc) is 2.18. The number of hydrogen-bond donors (Lipinski definition) is 1. The highest BCUT2D eigenvalue weighted by molar-refractivity contribution is 5.51. The number of terminal acetylenes is 1. The first-order valence-electron chi connectivity index (χ1n) is 3.72. The molecule has 0 aliphatic carbocycles. The van der Waals surface area contributed by atoms with Crippen LogP contribution in [0, 0.1) is 23.7 Å². The van der Waals surface area contributed by atoms with E-state index >= 15 is 0 Å². The maximum Gasteiger partial charge on any atom is 0.167 e. The third-order valence-electron chi connectivity index (χ3n) is 1.44. The van der Waals surface area contributed by atoms with Crippen LogP contribution in [0.5, 0.6) is 0 Å². The third-order valence-corrected chi connectivity index (χ3v) is 1.44. The van der Waals surface area contributed by atoms with E-state index in [4.69, 9.17) is 11.7 Å². The van der Waals surface area contributed by atoms with E-state index in [0.717, 1.165) is 0 Å². The Morgan fingerprint density at radius 2 is 2.46 bits per heavy atom. The van der Waals surface area contributed by atoms with Gasteiger partial charge in [0, 0.05) is 0 Å². The summed E-state index contributed by atoms with van der Waals surface area (Å²) in [5.41, 5.74) is 0.442. The summed E-state index contributed by atoms with van der Waals surface area (Å²) in [6.45, 7) is 1.80. The average molecular weight is 172 g/mol. The number of nitrogens with zero attached hydrogens (tertiary/aromatic N) is 3. The predicted octanol–water partition coefficient (Wildman–Crippen LogP) is 0.782. The topological polar surface area (TPSA) is 61.6 Å². The van der Waals surface area contributed by atoms with Gasteiger partial charge in [0.25, 0.3) is 0 Å². The zero-order chi connectivity index (χ0) is 9.68. The number of aromatic nitrogens is 2. The van der Waals surface area contributed by atoms with E-state index in [1.807, 2.05) is 6.07 Å². The fourth-order valence-corrected chi connectivity index (χ4v) is 0.775. The van der Waals surface area contributed by atoms with Gasteiger partial charge in [0.15, 0.2) is 5.82 Å². The highest BCUT2D eigenvalue weighted by atomic mass is 15.2. The zero-order valence-corrected chi connectivity index (χ0v) is 7.15. The monoisotopic (exact) mass is 172 g/mol. The van der Waals surface area contributed by atoms with Gasteiger partial charge in [0.1, 0.15) is 6.07 Å². The van der Waals surface area contributed by atoms with E-state index in [0.29, 0.717) is 11.4 Å². The Morgan fingerprint density at radius 1 is 1.69 bits per heavy atom. The fourth-order valence-electron chi connectivity index (χ4n) is 0.775. The van der Waals surface area contributed by atoms with Crippen LogP contribution in [0.4, 0.5) is 5.82 Å². The number of hydrogen-bond acceptors (Lipinski definition) is 4. The zero-order valence-electron chi connectivity index (χ0n) is 7.15. The van der Waals surface area contributed by atoms with E-state index in [2.05, 4.69) is 21.4 Å². The van der Waals surface area contributed by atoms with Gasteiger partial charge < -0.3 is 5.32 Å². The van der Waals surface area contributed by atoms with Crippen LogP contribution in [0.1, 0.15) is 12.5 Å². The minimum Gasteiger partial charge on any atom is -0.354 e. The molecular formula is C9H8N4. The van der Waals surface area contributed by atoms with Crippen molar-refractivity contribution in [3.63, 3.8) is 0 Å². The summed E-state index contributed by atoms with van der Waals surface area (Å²) >= 11 is 0. The molecule has 0 bridgehead atoms. The van der Waals surface area contributed by atoms with Gasteiger partial charge in [-0.1, -0.05) is 5.92 Å². The van der Waals surface area contributed by atoms with Gasteiger partial charge in [-0.05, 0) is 13.0 Å². The molecule has 1 unspecified atom stereocenters. The lowest BCUT2D eigenvalue weighted by Crippen LogP contribution is -2.14. The Labute approximate surface area is 76.6 Å². The molecule has 1 rings (SSSR count). The minimum atomic E-state index is -0.163. The van der Waals surface area contributed by atoms with Crippen molar-refractivity contribution in [3.8, 4) is 18.4 Å². The van der Waals surface area contributed by atoms with Gasteiger partial charge in [0.05, 0.1) is 17.8 Å². The minimum absolute atomic E-state index is 0.163. The molecule has 0 amide bonds. The van der Waals surface area contributed by atoms with Crippen LogP contribution in [0.2, 0.25) is 0 Å². The van der Waals surface area contributed by atoms with Crippen molar-refractivity contribution < 1.29 is 0 Å². The summed E-state index contributed by atoms with van der Waals surface area (Å²) in [7, 11) is 0. The smallest absolute Gasteiger partial charge is 0.167 e. The second-order valence-electron chi connectivity index (χ2n) is 2.44. The molecule has 0 aliphatic heterocycles. The molecule has 64 valence electrons. The summed E-state index contributed by atoms with van der Waals surface area (Å²) in [5.74, 6) is 2.90. The SMILES string of the molecule is C#CC(C)Nc1nnccc1C#N. The van der Waals surface area contributed by atoms with Crippen molar-refractivity contribution >= 4 is 5.82 Å². The van der Waals surface area contributed by atoms with Crippen LogP contribution in [0.3, 0.4) is 0 Å². The van der Waals surface area contributed by atoms with Crippen LogP contribution in [-0.4, -0.2) is 16.2 Å². The Kier molecular flexibility index (Phi) is 2.83. The molecule has 1 aromatic rings. The van der Waals surface area contributed by atoms with E-state index in [1.54, 1.807) is 13.0 Å². The van der Waals surface area contributed by atoms with Crippen LogP contribution in [-0.2, 0) is 0 Å². The Hall–Kier alpha value is -2.07. The van der Waals surface area contributed by atoms with Crippen molar-refractivity contribution in [1.29, 1.82) is 5.26 Å².